The van der Waals surface area contributed by atoms with E-state index in [1.54, 1.807) is 0 Å². The molecule has 2 rings (SSSR count). The first-order valence-corrected chi connectivity index (χ1v) is 8.64. The lowest BCUT2D eigenvalue weighted by molar-refractivity contribution is -0.135. The second-order valence-electron chi connectivity index (χ2n) is 5.61. The van der Waals surface area contributed by atoms with E-state index >= 15 is 0 Å². The van der Waals surface area contributed by atoms with E-state index in [2.05, 4.69) is 13.8 Å². The van der Waals surface area contributed by atoms with E-state index in [9.17, 15) is 9.59 Å². The normalized spacial score (nSPS) is 19.4. The maximum Gasteiger partial charge on any atom is 0.417 e. The van der Waals surface area contributed by atoms with Crippen molar-refractivity contribution in [1.29, 1.82) is 0 Å². The van der Waals surface area contributed by atoms with Crippen molar-refractivity contribution < 1.29 is 14.3 Å². The van der Waals surface area contributed by atoms with Crippen LogP contribution in [-0.2, 0) is 9.53 Å². The third kappa shape index (κ3) is 4.34. The molecule has 0 N–H and O–H groups in total. The number of benzene rings is 1. The zero-order valence-electron chi connectivity index (χ0n) is 14.9. The fourth-order valence-corrected chi connectivity index (χ4v) is 2.87. The zero-order valence-corrected chi connectivity index (χ0v) is 14.9. The Morgan fingerprint density at radius 1 is 1.22 bits per heavy atom. The van der Waals surface area contributed by atoms with Gasteiger partial charge in [0.1, 0.15) is 12.6 Å². The lowest BCUT2D eigenvalue weighted by Gasteiger charge is -2.27. The molecule has 2 amide bonds. The van der Waals surface area contributed by atoms with Crippen LogP contribution < -0.4 is 0 Å². The Kier molecular flexibility index (Phi) is 7.79. The molecule has 0 saturated carbocycles. The van der Waals surface area contributed by atoms with Crippen LogP contribution in [0.2, 0.25) is 0 Å². The third-order valence-electron chi connectivity index (χ3n) is 4.38. The maximum absolute atomic E-state index is 12.8. The van der Waals surface area contributed by atoms with Crippen LogP contribution in [0.25, 0.3) is 0 Å². The Labute approximate surface area is 139 Å². The van der Waals surface area contributed by atoms with Crippen molar-refractivity contribution in [3.63, 3.8) is 0 Å². The molecule has 4 nitrogen and oxygen atoms in total. The summed E-state index contributed by atoms with van der Waals surface area (Å²) in [5, 5.41) is 0. The first kappa shape index (κ1) is 19.2. The molecule has 3 atom stereocenters. The molecule has 1 aliphatic heterocycles. The fraction of sp³-hybridized carbons (Fsp3) is 0.579. The molecule has 0 aromatic heterocycles. The highest BCUT2D eigenvalue weighted by molar-refractivity contribution is 5.95. The van der Waals surface area contributed by atoms with E-state index in [4.69, 9.17) is 4.74 Å². The van der Waals surface area contributed by atoms with Crippen LogP contribution in [0.3, 0.4) is 0 Å². The molecule has 4 heteroatoms. The summed E-state index contributed by atoms with van der Waals surface area (Å²) in [5.41, 5.74) is 0.940. The van der Waals surface area contributed by atoms with Gasteiger partial charge in [-0.15, -0.1) is 0 Å². The SMILES string of the molecule is CC.CC[C@H](C(=O)N1C(=O)OC[C@@H]1c1ccccc1)[C@@H](C)CC. The summed E-state index contributed by atoms with van der Waals surface area (Å²) >= 11 is 0. The lowest BCUT2D eigenvalue weighted by Crippen LogP contribution is -2.40. The van der Waals surface area contributed by atoms with Gasteiger partial charge in [0.05, 0.1) is 0 Å². The summed E-state index contributed by atoms with van der Waals surface area (Å²) in [7, 11) is 0. The van der Waals surface area contributed by atoms with Crippen LogP contribution >= 0.6 is 0 Å². The molecule has 0 aliphatic carbocycles. The lowest BCUT2D eigenvalue weighted by atomic mass is 9.88. The number of nitrogens with zero attached hydrogens (tertiary/aromatic N) is 1. The predicted octanol–water partition coefficient (Wildman–Crippen LogP) is 4.81. The Morgan fingerprint density at radius 3 is 2.35 bits per heavy atom. The largest absolute Gasteiger partial charge is 0.446 e. The molecule has 128 valence electrons. The molecule has 1 heterocycles. The summed E-state index contributed by atoms with van der Waals surface area (Å²) in [4.78, 5) is 26.1. The molecule has 1 fully saturated rings. The molecule has 1 aliphatic rings. The monoisotopic (exact) mass is 319 g/mol. The number of carbonyl (C=O) groups is 2. The van der Waals surface area contributed by atoms with Crippen LogP contribution in [0, 0.1) is 11.8 Å². The quantitative estimate of drug-likeness (QED) is 0.782. The Morgan fingerprint density at radius 2 is 1.83 bits per heavy atom. The van der Waals surface area contributed by atoms with Crippen molar-refractivity contribution in [3.8, 4) is 0 Å². The minimum absolute atomic E-state index is 0.108. The van der Waals surface area contributed by atoms with Crippen molar-refractivity contribution in [3.05, 3.63) is 35.9 Å². The number of imide groups is 1. The van der Waals surface area contributed by atoms with Crippen molar-refractivity contribution in [1.82, 2.24) is 4.90 Å². The van der Waals surface area contributed by atoms with Gasteiger partial charge >= 0.3 is 6.09 Å². The molecule has 1 saturated heterocycles. The average Bonchev–Trinajstić information content (AvgIpc) is 2.99. The molecular formula is C19H29NO3. The maximum atomic E-state index is 12.8. The molecule has 1 aromatic rings. The van der Waals surface area contributed by atoms with E-state index in [-0.39, 0.29) is 30.4 Å². The van der Waals surface area contributed by atoms with Crippen LogP contribution in [0.4, 0.5) is 4.79 Å². The van der Waals surface area contributed by atoms with Crippen molar-refractivity contribution >= 4 is 12.0 Å². The number of carbonyl (C=O) groups excluding carboxylic acids is 2. The van der Waals surface area contributed by atoms with Gasteiger partial charge in [0.15, 0.2) is 0 Å². The highest BCUT2D eigenvalue weighted by Crippen LogP contribution is 2.32. The van der Waals surface area contributed by atoms with Crippen LogP contribution in [0.5, 0.6) is 0 Å². The Hall–Kier alpha value is -1.84. The molecule has 0 unspecified atom stereocenters. The average molecular weight is 319 g/mol. The molecular weight excluding hydrogens is 290 g/mol. The van der Waals surface area contributed by atoms with Gasteiger partial charge in [-0.25, -0.2) is 9.69 Å². The van der Waals surface area contributed by atoms with E-state index < -0.39 is 6.09 Å². The molecule has 0 spiro atoms. The van der Waals surface area contributed by atoms with E-state index in [1.165, 1.54) is 4.90 Å². The number of cyclic esters (lactones) is 1. The number of rotatable bonds is 5. The summed E-state index contributed by atoms with van der Waals surface area (Å²) < 4.78 is 5.13. The highest BCUT2D eigenvalue weighted by atomic mass is 16.6. The summed E-state index contributed by atoms with van der Waals surface area (Å²) in [6.07, 6.45) is 1.14. The van der Waals surface area contributed by atoms with E-state index in [0.29, 0.717) is 0 Å². The van der Waals surface area contributed by atoms with E-state index in [0.717, 1.165) is 18.4 Å². The van der Waals surface area contributed by atoms with Gasteiger partial charge in [0, 0.05) is 5.92 Å². The van der Waals surface area contributed by atoms with Gasteiger partial charge in [-0.2, -0.15) is 0 Å². The second-order valence-corrected chi connectivity index (χ2v) is 5.61. The van der Waals surface area contributed by atoms with Crippen LogP contribution in [0.1, 0.15) is 59.1 Å². The standard InChI is InChI=1S/C17H23NO3.C2H6/c1-4-12(3)14(5-2)16(19)18-15(11-21-17(18)20)13-9-7-6-8-10-13;1-2/h6-10,12,14-15H,4-5,11H2,1-3H3;1-2H3/t12-,14-,15+;/m0./s1. The molecule has 23 heavy (non-hydrogen) atoms. The summed E-state index contributed by atoms with van der Waals surface area (Å²) in [5.74, 6) is 0.0161. The second kappa shape index (κ2) is 9.33. The zero-order chi connectivity index (χ0) is 17.4. The summed E-state index contributed by atoms with van der Waals surface area (Å²) in [6, 6.07) is 9.29. The first-order valence-electron chi connectivity index (χ1n) is 8.64. The Bertz CT molecular complexity index is 501. The smallest absolute Gasteiger partial charge is 0.417 e. The minimum Gasteiger partial charge on any atom is -0.446 e. The van der Waals surface area contributed by atoms with Gasteiger partial charge in [0.2, 0.25) is 5.91 Å². The molecule has 1 aromatic carbocycles. The number of ether oxygens (including phenoxy) is 1. The highest BCUT2D eigenvalue weighted by Gasteiger charge is 2.41. The number of hydrogen-bond donors (Lipinski definition) is 0. The number of hydrogen-bond acceptors (Lipinski definition) is 3. The number of amides is 2. The van der Waals surface area contributed by atoms with Gasteiger partial charge < -0.3 is 4.74 Å². The van der Waals surface area contributed by atoms with Gasteiger partial charge in [-0.05, 0) is 17.9 Å². The van der Waals surface area contributed by atoms with Gasteiger partial charge in [-0.1, -0.05) is 71.4 Å². The van der Waals surface area contributed by atoms with Crippen LogP contribution in [0.15, 0.2) is 30.3 Å². The fourth-order valence-electron chi connectivity index (χ4n) is 2.87. The van der Waals surface area contributed by atoms with Crippen molar-refractivity contribution in [2.45, 2.75) is 53.5 Å². The molecule has 0 bridgehead atoms. The topological polar surface area (TPSA) is 46.6 Å². The first-order chi connectivity index (χ1) is 11.1. The Balaban J connectivity index is 0.00000127. The van der Waals surface area contributed by atoms with E-state index in [1.807, 2.05) is 51.1 Å². The van der Waals surface area contributed by atoms with Gasteiger partial charge in [0.25, 0.3) is 0 Å². The van der Waals surface area contributed by atoms with Crippen LogP contribution in [-0.4, -0.2) is 23.5 Å². The van der Waals surface area contributed by atoms with Crippen molar-refractivity contribution in [2.75, 3.05) is 6.61 Å². The predicted molar refractivity (Wildman–Crippen MR) is 92.0 cm³/mol. The summed E-state index contributed by atoms with van der Waals surface area (Å²) in [6.45, 7) is 10.4. The third-order valence-corrected chi connectivity index (χ3v) is 4.38. The molecule has 0 radical (unpaired) electrons. The van der Waals surface area contributed by atoms with Gasteiger partial charge in [-0.3, -0.25) is 4.79 Å². The minimum atomic E-state index is -0.518. The van der Waals surface area contributed by atoms with Crippen molar-refractivity contribution in [2.24, 2.45) is 11.8 Å².